The highest BCUT2D eigenvalue weighted by molar-refractivity contribution is 6.29. The lowest BCUT2D eigenvalue weighted by atomic mass is 10.1. The fourth-order valence-electron chi connectivity index (χ4n) is 2.35. The van der Waals surface area contributed by atoms with Crippen LogP contribution in [0.15, 0.2) is 6.20 Å². The predicted octanol–water partition coefficient (Wildman–Crippen LogP) is 2.54. The van der Waals surface area contributed by atoms with E-state index in [1.165, 1.54) is 25.7 Å². The predicted molar refractivity (Wildman–Crippen MR) is 62.1 cm³/mol. The second kappa shape index (κ2) is 4.54. The number of hydrogen-bond donors (Lipinski definition) is 1. The highest BCUT2D eigenvalue weighted by Crippen LogP contribution is 2.34. The zero-order valence-electron chi connectivity index (χ0n) is 9.12. The van der Waals surface area contributed by atoms with Crippen LogP contribution in [0.4, 0.5) is 0 Å². The van der Waals surface area contributed by atoms with Gasteiger partial charge in [0.05, 0.1) is 6.20 Å². The number of halogens is 1. The second-order valence-corrected chi connectivity index (χ2v) is 4.90. The molecule has 0 saturated heterocycles. The average molecular weight is 228 g/mol. The monoisotopic (exact) mass is 227 g/mol. The SMILES string of the molecule is CC(N)Cn1c(Cl)cnc1C1CCCC1. The molecule has 4 heteroatoms. The van der Waals surface area contributed by atoms with Gasteiger partial charge in [0, 0.05) is 18.5 Å². The van der Waals surface area contributed by atoms with Gasteiger partial charge < -0.3 is 10.3 Å². The maximum Gasteiger partial charge on any atom is 0.128 e. The van der Waals surface area contributed by atoms with E-state index in [9.17, 15) is 0 Å². The van der Waals surface area contributed by atoms with Crippen LogP contribution in [0.25, 0.3) is 0 Å². The molecule has 1 fully saturated rings. The van der Waals surface area contributed by atoms with Crippen molar-refractivity contribution in [2.24, 2.45) is 5.73 Å². The van der Waals surface area contributed by atoms with Crippen LogP contribution in [0.3, 0.4) is 0 Å². The van der Waals surface area contributed by atoms with Crippen molar-refractivity contribution in [2.45, 2.75) is 51.1 Å². The minimum Gasteiger partial charge on any atom is -0.326 e. The molecule has 0 radical (unpaired) electrons. The molecule has 15 heavy (non-hydrogen) atoms. The van der Waals surface area contributed by atoms with Gasteiger partial charge in [-0.3, -0.25) is 0 Å². The summed E-state index contributed by atoms with van der Waals surface area (Å²) in [5.74, 6) is 1.73. The Morgan fingerprint density at radius 3 is 2.87 bits per heavy atom. The average Bonchev–Trinajstić information content (AvgIpc) is 2.76. The molecule has 0 bridgehead atoms. The van der Waals surface area contributed by atoms with Gasteiger partial charge in [0.1, 0.15) is 11.0 Å². The summed E-state index contributed by atoms with van der Waals surface area (Å²) in [6.45, 7) is 2.76. The van der Waals surface area contributed by atoms with E-state index in [-0.39, 0.29) is 6.04 Å². The van der Waals surface area contributed by atoms with Crippen LogP contribution in [0, 0.1) is 0 Å². The van der Waals surface area contributed by atoms with Gasteiger partial charge in [-0.15, -0.1) is 0 Å². The molecule has 1 saturated carbocycles. The van der Waals surface area contributed by atoms with E-state index in [4.69, 9.17) is 17.3 Å². The van der Waals surface area contributed by atoms with Crippen molar-refractivity contribution in [2.75, 3.05) is 0 Å². The summed E-state index contributed by atoms with van der Waals surface area (Å²) in [5.41, 5.74) is 5.81. The van der Waals surface area contributed by atoms with Crippen molar-refractivity contribution < 1.29 is 0 Å². The third-order valence-corrected chi connectivity index (χ3v) is 3.33. The number of aromatic nitrogens is 2. The third-order valence-electron chi connectivity index (χ3n) is 3.03. The van der Waals surface area contributed by atoms with Gasteiger partial charge in [-0.25, -0.2) is 4.98 Å². The van der Waals surface area contributed by atoms with Crippen LogP contribution in [0.2, 0.25) is 5.15 Å². The molecule has 1 unspecified atom stereocenters. The van der Waals surface area contributed by atoms with Gasteiger partial charge >= 0.3 is 0 Å². The molecule has 1 aliphatic rings. The molecule has 0 amide bonds. The molecule has 1 aliphatic carbocycles. The molecule has 2 N–H and O–H groups in total. The first-order valence-corrected chi connectivity index (χ1v) is 6.02. The van der Waals surface area contributed by atoms with E-state index < -0.39 is 0 Å². The summed E-state index contributed by atoms with van der Waals surface area (Å²) in [6.07, 6.45) is 6.86. The zero-order valence-corrected chi connectivity index (χ0v) is 9.87. The molecule has 84 valence electrons. The normalized spacial score (nSPS) is 19.7. The van der Waals surface area contributed by atoms with Crippen LogP contribution < -0.4 is 5.73 Å². The summed E-state index contributed by atoms with van der Waals surface area (Å²) in [4.78, 5) is 4.43. The van der Waals surface area contributed by atoms with Gasteiger partial charge in [0.25, 0.3) is 0 Å². The zero-order chi connectivity index (χ0) is 10.8. The van der Waals surface area contributed by atoms with E-state index in [1.54, 1.807) is 6.20 Å². The van der Waals surface area contributed by atoms with Crippen LogP contribution in [0.1, 0.15) is 44.3 Å². The highest BCUT2D eigenvalue weighted by Gasteiger charge is 2.23. The third kappa shape index (κ3) is 2.34. The van der Waals surface area contributed by atoms with Gasteiger partial charge in [0.15, 0.2) is 0 Å². The first-order chi connectivity index (χ1) is 7.18. The lowest BCUT2D eigenvalue weighted by molar-refractivity contribution is 0.534. The molecule has 1 heterocycles. The van der Waals surface area contributed by atoms with E-state index in [0.29, 0.717) is 11.1 Å². The molecular weight excluding hydrogens is 210 g/mol. The summed E-state index contributed by atoms with van der Waals surface area (Å²) >= 11 is 6.11. The maximum atomic E-state index is 6.11. The maximum absolute atomic E-state index is 6.11. The molecule has 1 aromatic heterocycles. The first-order valence-electron chi connectivity index (χ1n) is 5.65. The van der Waals surface area contributed by atoms with Crippen molar-refractivity contribution >= 4 is 11.6 Å². The smallest absolute Gasteiger partial charge is 0.128 e. The Labute approximate surface area is 95.6 Å². The lowest BCUT2D eigenvalue weighted by Crippen LogP contribution is -2.24. The number of hydrogen-bond acceptors (Lipinski definition) is 2. The largest absolute Gasteiger partial charge is 0.326 e. The Kier molecular flexibility index (Phi) is 3.32. The molecular formula is C11H18ClN3. The van der Waals surface area contributed by atoms with Crippen LogP contribution in [-0.4, -0.2) is 15.6 Å². The molecule has 0 aromatic carbocycles. The molecule has 1 aromatic rings. The number of nitrogens with zero attached hydrogens (tertiary/aromatic N) is 2. The number of rotatable bonds is 3. The lowest BCUT2D eigenvalue weighted by Gasteiger charge is -2.15. The minimum atomic E-state index is 0.122. The van der Waals surface area contributed by atoms with Crippen LogP contribution in [0.5, 0.6) is 0 Å². The summed E-state index contributed by atoms with van der Waals surface area (Å²) in [5, 5.41) is 0.717. The molecule has 0 aliphatic heterocycles. The molecule has 0 spiro atoms. The van der Waals surface area contributed by atoms with Crippen LogP contribution >= 0.6 is 11.6 Å². The van der Waals surface area contributed by atoms with Crippen molar-refractivity contribution in [1.82, 2.24) is 9.55 Å². The summed E-state index contributed by atoms with van der Waals surface area (Å²) < 4.78 is 2.07. The number of nitrogens with two attached hydrogens (primary N) is 1. The number of imidazole rings is 1. The standard InChI is InChI=1S/C11H18ClN3/c1-8(13)7-15-10(12)6-14-11(15)9-4-2-3-5-9/h6,8-9H,2-5,7,13H2,1H3. The van der Waals surface area contributed by atoms with Gasteiger partial charge in [-0.05, 0) is 19.8 Å². The topological polar surface area (TPSA) is 43.8 Å². The summed E-state index contributed by atoms with van der Waals surface area (Å²) in [7, 11) is 0. The Morgan fingerprint density at radius 1 is 1.60 bits per heavy atom. The quantitative estimate of drug-likeness (QED) is 0.863. The van der Waals surface area contributed by atoms with E-state index in [0.717, 1.165) is 12.4 Å². The Morgan fingerprint density at radius 2 is 2.27 bits per heavy atom. The Hall–Kier alpha value is -0.540. The first kappa shape index (κ1) is 11.0. The van der Waals surface area contributed by atoms with Crippen molar-refractivity contribution in [3.8, 4) is 0 Å². The van der Waals surface area contributed by atoms with Gasteiger partial charge in [-0.1, -0.05) is 24.4 Å². The van der Waals surface area contributed by atoms with E-state index in [2.05, 4.69) is 9.55 Å². The fourth-order valence-corrected chi connectivity index (χ4v) is 2.55. The highest BCUT2D eigenvalue weighted by atomic mass is 35.5. The van der Waals surface area contributed by atoms with Crippen molar-refractivity contribution in [1.29, 1.82) is 0 Å². The van der Waals surface area contributed by atoms with Crippen molar-refractivity contribution in [3.05, 3.63) is 17.2 Å². The van der Waals surface area contributed by atoms with E-state index >= 15 is 0 Å². The van der Waals surface area contributed by atoms with Gasteiger partial charge in [-0.2, -0.15) is 0 Å². The molecule has 1 atom stereocenters. The van der Waals surface area contributed by atoms with Gasteiger partial charge in [0.2, 0.25) is 0 Å². The van der Waals surface area contributed by atoms with E-state index in [1.807, 2.05) is 6.92 Å². The van der Waals surface area contributed by atoms with Crippen molar-refractivity contribution in [3.63, 3.8) is 0 Å². The fraction of sp³-hybridized carbons (Fsp3) is 0.727. The Balaban J connectivity index is 2.22. The Bertz CT molecular complexity index is 327. The molecule has 3 nitrogen and oxygen atoms in total. The summed E-state index contributed by atoms with van der Waals surface area (Å²) in [6, 6.07) is 0.122. The second-order valence-electron chi connectivity index (χ2n) is 4.51. The minimum absolute atomic E-state index is 0.122. The van der Waals surface area contributed by atoms with Crippen LogP contribution in [-0.2, 0) is 6.54 Å². The molecule has 2 rings (SSSR count).